The molecule has 4 aromatic rings. The molecule has 0 aliphatic heterocycles. The fourth-order valence-corrected chi connectivity index (χ4v) is 3.13. The van der Waals surface area contributed by atoms with Crippen LogP contribution in [0.5, 0.6) is 0 Å². The van der Waals surface area contributed by atoms with Crippen molar-refractivity contribution in [3.63, 3.8) is 0 Å². The number of furan rings is 1. The third-order valence-corrected chi connectivity index (χ3v) is 4.29. The Balaban J connectivity index is 1.76. The highest BCUT2D eigenvalue weighted by molar-refractivity contribution is 7.98. The summed E-state index contributed by atoms with van der Waals surface area (Å²) in [5, 5.41) is 3.38. The molecule has 3 heterocycles. The quantitative estimate of drug-likeness (QED) is 0.584. The molecule has 0 saturated carbocycles. The van der Waals surface area contributed by atoms with Crippen LogP contribution in [0.3, 0.4) is 0 Å². The molecule has 0 radical (unpaired) electrons. The van der Waals surface area contributed by atoms with Crippen LogP contribution in [0.15, 0.2) is 69.2 Å². The van der Waals surface area contributed by atoms with E-state index in [1.54, 1.807) is 22.9 Å². The first kappa shape index (κ1) is 13.8. The van der Waals surface area contributed by atoms with E-state index >= 15 is 0 Å². The molecule has 0 atom stereocenters. The lowest BCUT2D eigenvalue weighted by Crippen LogP contribution is -2.04. The van der Waals surface area contributed by atoms with Crippen molar-refractivity contribution < 1.29 is 4.42 Å². The van der Waals surface area contributed by atoms with Crippen molar-refractivity contribution >= 4 is 17.4 Å². The number of nitrogens with zero attached hydrogens (tertiary/aromatic N) is 3. The standard InChI is InChI=1S/C16H12N4O2S/c21-14-9-13-17-15(12-7-4-8-22-12)18-16(20(13)19-14)23-10-11-5-2-1-3-6-11/h1-9H,10H2,(H,19,21). The van der Waals surface area contributed by atoms with E-state index < -0.39 is 0 Å². The van der Waals surface area contributed by atoms with Crippen LogP contribution in [0.2, 0.25) is 0 Å². The number of aromatic amines is 1. The molecule has 0 unspecified atom stereocenters. The maximum Gasteiger partial charge on any atom is 0.266 e. The van der Waals surface area contributed by atoms with Gasteiger partial charge in [0.2, 0.25) is 0 Å². The summed E-state index contributed by atoms with van der Waals surface area (Å²) in [5.74, 6) is 1.78. The van der Waals surface area contributed by atoms with Crippen LogP contribution in [-0.4, -0.2) is 19.6 Å². The Hall–Kier alpha value is -2.80. The van der Waals surface area contributed by atoms with Gasteiger partial charge in [0.05, 0.1) is 6.26 Å². The van der Waals surface area contributed by atoms with Crippen molar-refractivity contribution in [2.45, 2.75) is 10.9 Å². The average molecular weight is 324 g/mol. The van der Waals surface area contributed by atoms with Crippen LogP contribution >= 0.6 is 11.8 Å². The van der Waals surface area contributed by atoms with E-state index in [4.69, 9.17) is 4.42 Å². The summed E-state index contributed by atoms with van der Waals surface area (Å²) < 4.78 is 6.96. The number of rotatable bonds is 4. The Morgan fingerprint density at radius 1 is 1.13 bits per heavy atom. The predicted octanol–water partition coefficient (Wildman–Crippen LogP) is 2.97. The van der Waals surface area contributed by atoms with Gasteiger partial charge in [-0.2, -0.15) is 4.98 Å². The summed E-state index contributed by atoms with van der Waals surface area (Å²) in [6.07, 6.45) is 1.57. The van der Waals surface area contributed by atoms with Crippen molar-refractivity contribution in [1.29, 1.82) is 0 Å². The van der Waals surface area contributed by atoms with Crippen molar-refractivity contribution in [2.75, 3.05) is 0 Å². The minimum atomic E-state index is -0.211. The summed E-state index contributed by atoms with van der Waals surface area (Å²) in [6.45, 7) is 0. The molecule has 0 amide bonds. The van der Waals surface area contributed by atoms with Crippen LogP contribution in [0, 0.1) is 0 Å². The Morgan fingerprint density at radius 2 is 2.00 bits per heavy atom. The van der Waals surface area contributed by atoms with Crippen LogP contribution in [0.1, 0.15) is 5.56 Å². The molecule has 6 nitrogen and oxygen atoms in total. The van der Waals surface area contributed by atoms with Gasteiger partial charge in [0.1, 0.15) is 0 Å². The Kier molecular flexibility index (Phi) is 3.47. The Labute approximate surface area is 135 Å². The molecule has 114 valence electrons. The molecule has 4 rings (SSSR count). The first-order valence-electron chi connectivity index (χ1n) is 7.00. The maximum atomic E-state index is 11.6. The molecule has 0 aliphatic rings. The molecule has 0 saturated heterocycles. The topological polar surface area (TPSA) is 76.2 Å². The molecule has 1 aromatic carbocycles. The van der Waals surface area contributed by atoms with E-state index in [1.807, 2.05) is 18.2 Å². The molecule has 23 heavy (non-hydrogen) atoms. The predicted molar refractivity (Wildman–Crippen MR) is 87.3 cm³/mol. The number of benzene rings is 1. The molecule has 1 N–H and O–H groups in total. The van der Waals surface area contributed by atoms with E-state index in [-0.39, 0.29) is 5.56 Å². The highest BCUT2D eigenvalue weighted by atomic mass is 32.2. The third kappa shape index (κ3) is 2.78. The van der Waals surface area contributed by atoms with Gasteiger partial charge >= 0.3 is 0 Å². The van der Waals surface area contributed by atoms with Gasteiger partial charge in [-0.05, 0) is 17.7 Å². The van der Waals surface area contributed by atoms with Gasteiger partial charge in [-0.15, -0.1) is 0 Å². The maximum absolute atomic E-state index is 11.6. The largest absolute Gasteiger partial charge is 0.461 e. The van der Waals surface area contributed by atoms with Gasteiger partial charge in [-0.1, -0.05) is 42.1 Å². The van der Waals surface area contributed by atoms with Crippen molar-refractivity contribution in [1.82, 2.24) is 19.6 Å². The summed E-state index contributed by atoms with van der Waals surface area (Å²) in [6, 6.07) is 15.1. The van der Waals surface area contributed by atoms with Gasteiger partial charge in [0, 0.05) is 11.8 Å². The van der Waals surface area contributed by atoms with Gasteiger partial charge < -0.3 is 4.42 Å². The minimum Gasteiger partial charge on any atom is -0.461 e. The summed E-state index contributed by atoms with van der Waals surface area (Å²) in [7, 11) is 0. The number of nitrogens with one attached hydrogen (secondary N) is 1. The van der Waals surface area contributed by atoms with Crippen molar-refractivity contribution in [3.8, 4) is 11.6 Å². The van der Waals surface area contributed by atoms with Crippen molar-refractivity contribution in [2.24, 2.45) is 0 Å². The third-order valence-electron chi connectivity index (χ3n) is 3.28. The smallest absolute Gasteiger partial charge is 0.266 e. The van der Waals surface area contributed by atoms with Gasteiger partial charge in [-0.25, -0.2) is 9.50 Å². The number of aromatic nitrogens is 4. The first-order chi connectivity index (χ1) is 11.3. The second kappa shape index (κ2) is 5.77. The van der Waals surface area contributed by atoms with Gasteiger partial charge in [-0.3, -0.25) is 9.89 Å². The zero-order chi connectivity index (χ0) is 15.6. The lowest BCUT2D eigenvalue weighted by atomic mass is 10.2. The van der Waals surface area contributed by atoms with E-state index in [0.717, 1.165) is 5.75 Å². The van der Waals surface area contributed by atoms with Crippen LogP contribution in [0.25, 0.3) is 17.2 Å². The molecule has 3 aromatic heterocycles. The lowest BCUT2D eigenvalue weighted by molar-refractivity contribution is 0.574. The lowest BCUT2D eigenvalue weighted by Gasteiger charge is -2.06. The molecular weight excluding hydrogens is 312 g/mol. The van der Waals surface area contributed by atoms with E-state index in [2.05, 4.69) is 27.2 Å². The molecular formula is C16H12N4O2S. The normalized spacial score (nSPS) is 11.1. The van der Waals surface area contributed by atoms with Crippen molar-refractivity contribution in [3.05, 3.63) is 70.7 Å². The highest BCUT2D eigenvalue weighted by Gasteiger charge is 2.13. The molecule has 0 spiro atoms. The number of fused-ring (bicyclic) bond motifs is 1. The number of hydrogen-bond donors (Lipinski definition) is 1. The van der Waals surface area contributed by atoms with Gasteiger partial charge in [0.15, 0.2) is 22.4 Å². The Morgan fingerprint density at radius 3 is 2.78 bits per heavy atom. The Bertz CT molecular complexity index is 990. The fraction of sp³-hybridized carbons (Fsp3) is 0.0625. The second-order valence-electron chi connectivity index (χ2n) is 4.90. The average Bonchev–Trinajstić information content (AvgIpc) is 3.21. The number of thioether (sulfide) groups is 1. The van der Waals surface area contributed by atoms with E-state index in [1.165, 1.54) is 23.4 Å². The monoisotopic (exact) mass is 324 g/mol. The second-order valence-corrected chi connectivity index (χ2v) is 5.84. The van der Waals surface area contributed by atoms with Crippen LogP contribution in [0.4, 0.5) is 0 Å². The zero-order valence-electron chi connectivity index (χ0n) is 12.0. The van der Waals surface area contributed by atoms with Gasteiger partial charge in [0.25, 0.3) is 5.56 Å². The summed E-state index contributed by atoms with van der Waals surface area (Å²) in [5.41, 5.74) is 1.49. The van der Waals surface area contributed by atoms with E-state index in [0.29, 0.717) is 22.4 Å². The SMILES string of the molecule is O=c1cc2nc(-c3ccco3)nc(SCc3ccccc3)n2[nH]1. The fourth-order valence-electron chi connectivity index (χ4n) is 2.22. The molecule has 7 heteroatoms. The van der Waals surface area contributed by atoms with Crippen LogP contribution in [-0.2, 0) is 5.75 Å². The zero-order valence-corrected chi connectivity index (χ0v) is 12.8. The minimum absolute atomic E-state index is 0.211. The molecule has 0 bridgehead atoms. The van der Waals surface area contributed by atoms with Crippen LogP contribution < -0.4 is 5.56 Å². The number of H-pyrrole nitrogens is 1. The molecule has 0 aliphatic carbocycles. The molecule has 0 fully saturated rings. The number of hydrogen-bond acceptors (Lipinski definition) is 5. The first-order valence-corrected chi connectivity index (χ1v) is 7.98. The summed E-state index contributed by atoms with van der Waals surface area (Å²) >= 11 is 1.53. The highest BCUT2D eigenvalue weighted by Crippen LogP contribution is 2.24. The summed E-state index contributed by atoms with van der Waals surface area (Å²) in [4.78, 5) is 20.5. The van der Waals surface area contributed by atoms with E-state index in [9.17, 15) is 4.79 Å².